The topological polar surface area (TPSA) is 40.1 Å². The van der Waals surface area contributed by atoms with Crippen LogP contribution in [-0.4, -0.2) is 37.6 Å². The van der Waals surface area contributed by atoms with Gasteiger partial charge >= 0.3 is 0 Å². The average molecular weight is 434 g/mol. The van der Waals surface area contributed by atoms with E-state index in [1.165, 1.54) is 89.9 Å². The number of nitrogens with zero attached hydrogens (tertiary/aromatic N) is 1. The van der Waals surface area contributed by atoms with Crippen LogP contribution < -0.4 is 5.11 Å². The first-order valence-corrected chi connectivity index (χ1v) is 12.1. The molecule has 0 N–H and O–H groups in total. The molecule has 4 heteroatoms. The molecule has 0 saturated heterocycles. The second-order valence-electron chi connectivity index (χ2n) is 10.5. The molecule has 0 aliphatic rings. The predicted octanol–water partition coefficient (Wildman–Crippen LogP) is 6.52. The van der Waals surface area contributed by atoms with Crippen molar-refractivity contribution in [1.82, 2.24) is 0 Å². The highest BCUT2D eigenvalue weighted by Crippen LogP contribution is 2.33. The van der Waals surface area contributed by atoms with Gasteiger partial charge in [0.05, 0.1) is 27.1 Å². The molecule has 0 heterocycles. The Balaban J connectivity index is 0. The summed E-state index contributed by atoms with van der Waals surface area (Å²) in [6, 6.07) is -0.459. The average Bonchev–Trinajstić information content (AvgIpc) is 2.56. The molecule has 0 aliphatic carbocycles. The Labute approximate surface area is 189 Å². The van der Waals surface area contributed by atoms with Crippen LogP contribution in [0.25, 0.3) is 0 Å². The Morgan fingerprint density at radius 2 is 1.03 bits per heavy atom. The van der Waals surface area contributed by atoms with Crippen LogP contribution in [-0.2, 0) is 4.79 Å². The number of quaternary nitrogens is 1. The largest absolute Gasteiger partial charge is 0.544 e. The normalized spacial score (nSPS) is 13.2. The van der Waals surface area contributed by atoms with Gasteiger partial charge in [-0.2, -0.15) is 0 Å². The number of hydrogen-bond acceptors (Lipinski definition) is 2. The van der Waals surface area contributed by atoms with Gasteiger partial charge in [-0.15, -0.1) is 12.4 Å². The summed E-state index contributed by atoms with van der Waals surface area (Å²) < 4.78 is 0.425. The third kappa shape index (κ3) is 16.1. The number of carboxylic acids is 1. The van der Waals surface area contributed by atoms with E-state index in [1.54, 1.807) is 0 Å². The van der Waals surface area contributed by atoms with E-state index in [0.717, 1.165) is 12.8 Å². The van der Waals surface area contributed by atoms with E-state index in [9.17, 15) is 9.90 Å². The number of halogens is 1. The predicted molar refractivity (Wildman–Crippen MR) is 127 cm³/mol. The first-order valence-electron chi connectivity index (χ1n) is 12.1. The lowest BCUT2D eigenvalue weighted by atomic mass is 9.78. The van der Waals surface area contributed by atoms with Crippen LogP contribution in [0.3, 0.4) is 0 Å². The van der Waals surface area contributed by atoms with E-state index in [4.69, 9.17) is 0 Å². The highest BCUT2D eigenvalue weighted by molar-refractivity contribution is 5.85. The Morgan fingerprint density at radius 3 is 1.31 bits per heavy atom. The Bertz CT molecular complexity index is 391. The Hall–Kier alpha value is -0.280. The molecule has 0 spiro atoms. The van der Waals surface area contributed by atoms with E-state index in [-0.39, 0.29) is 17.8 Å². The zero-order valence-electron chi connectivity index (χ0n) is 20.6. The Kier molecular flexibility index (Phi) is 18.6. The molecule has 0 fully saturated rings. The van der Waals surface area contributed by atoms with Gasteiger partial charge in [0.25, 0.3) is 0 Å². The maximum atomic E-state index is 11.6. The fourth-order valence-electron chi connectivity index (χ4n) is 4.77. The van der Waals surface area contributed by atoms with Crippen molar-refractivity contribution in [2.24, 2.45) is 5.41 Å². The molecule has 1 atom stereocenters. The summed E-state index contributed by atoms with van der Waals surface area (Å²) in [5, 5.41) is 11.6. The van der Waals surface area contributed by atoms with Gasteiger partial charge in [-0.1, -0.05) is 117 Å². The lowest BCUT2D eigenvalue weighted by Crippen LogP contribution is -2.61. The zero-order valence-corrected chi connectivity index (χ0v) is 21.4. The molecule has 0 rings (SSSR count). The highest BCUT2D eigenvalue weighted by atomic mass is 35.5. The molecule has 0 aromatic rings. The molecule has 0 aromatic heterocycles. The van der Waals surface area contributed by atoms with Gasteiger partial charge < -0.3 is 14.4 Å². The fraction of sp³-hybridized carbons (Fsp3) is 0.960. The van der Waals surface area contributed by atoms with Crippen LogP contribution in [0.15, 0.2) is 0 Å². The summed E-state index contributed by atoms with van der Waals surface area (Å²) in [6.45, 7) is 6.45. The van der Waals surface area contributed by atoms with Crippen LogP contribution in [0.2, 0.25) is 0 Å². The molecular weight excluding hydrogens is 382 g/mol. The molecule has 0 aromatic carbocycles. The van der Waals surface area contributed by atoms with Gasteiger partial charge in [-0.25, -0.2) is 0 Å². The SMILES string of the molecule is CCCCCCCCCCCCCCCCCC(C)(C)C(C(=O)[O-])[N+](C)(C)C.Cl. The highest BCUT2D eigenvalue weighted by Gasteiger charge is 2.39. The fourth-order valence-corrected chi connectivity index (χ4v) is 4.77. The van der Waals surface area contributed by atoms with Gasteiger partial charge in [0.2, 0.25) is 0 Å². The summed E-state index contributed by atoms with van der Waals surface area (Å²) >= 11 is 0. The summed E-state index contributed by atoms with van der Waals surface area (Å²) in [6.07, 6.45) is 21.4. The maximum absolute atomic E-state index is 11.6. The van der Waals surface area contributed by atoms with E-state index in [0.29, 0.717) is 4.48 Å². The van der Waals surface area contributed by atoms with Crippen molar-refractivity contribution >= 4 is 18.4 Å². The van der Waals surface area contributed by atoms with Crippen LogP contribution in [0, 0.1) is 5.41 Å². The monoisotopic (exact) mass is 433 g/mol. The van der Waals surface area contributed by atoms with E-state index in [2.05, 4.69) is 20.8 Å². The molecule has 0 bridgehead atoms. The van der Waals surface area contributed by atoms with E-state index in [1.807, 2.05) is 21.1 Å². The van der Waals surface area contributed by atoms with Crippen LogP contribution in [0.5, 0.6) is 0 Å². The number of carboxylic acid groups (broad SMARTS) is 1. The molecule has 0 aliphatic heterocycles. The lowest BCUT2D eigenvalue weighted by molar-refractivity contribution is -0.896. The maximum Gasteiger partial charge on any atom is 0.134 e. The molecular formula is C25H52ClNO2. The number of aliphatic carboxylic acids is 1. The molecule has 1 unspecified atom stereocenters. The van der Waals surface area contributed by atoms with Gasteiger partial charge in [-0.3, -0.25) is 0 Å². The quantitative estimate of drug-likeness (QED) is 0.172. The van der Waals surface area contributed by atoms with Crippen molar-refractivity contribution < 1.29 is 14.4 Å². The zero-order chi connectivity index (χ0) is 21.5. The van der Waals surface area contributed by atoms with Crippen molar-refractivity contribution in [3.63, 3.8) is 0 Å². The van der Waals surface area contributed by atoms with Crippen LogP contribution in [0.4, 0.5) is 0 Å². The number of hydrogen-bond donors (Lipinski definition) is 0. The van der Waals surface area contributed by atoms with Crippen LogP contribution in [0.1, 0.15) is 124 Å². The molecule has 3 nitrogen and oxygen atoms in total. The van der Waals surface area contributed by atoms with Crippen molar-refractivity contribution in [1.29, 1.82) is 0 Å². The Morgan fingerprint density at radius 1 is 0.724 bits per heavy atom. The van der Waals surface area contributed by atoms with Gasteiger partial charge in [-0.05, 0) is 6.42 Å². The van der Waals surface area contributed by atoms with Crippen LogP contribution >= 0.6 is 12.4 Å². The van der Waals surface area contributed by atoms with Crippen molar-refractivity contribution in [3.05, 3.63) is 0 Å². The molecule has 0 radical (unpaired) electrons. The molecule has 176 valence electrons. The second-order valence-corrected chi connectivity index (χ2v) is 10.5. The molecule has 0 saturated carbocycles. The van der Waals surface area contributed by atoms with E-state index >= 15 is 0 Å². The van der Waals surface area contributed by atoms with Gasteiger partial charge in [0, 0.05) is 5.41 Å². The minimum Gasteiger partial charge on any atom is -0.544 e. The summed E-state index contributed by atoms with van der Waals surface area (Å²) in [4.78, 5) is 11.6. The van der Waals surface area contributed by atoms with Crippen molar-refractivity contribution in [3.8, 4) is 0 Å². The summed E-state index contributed by atoms with van der Waals surface area (Å²) in [5.74, 6) is -0.918. The molecule has 29 heavy (non-hydrogen) atoms. The first-order chi connectivity index (χ1) is 13.1. The minimum absolute atomic E-state index is 0. The van der Waals surface area contributed by atoms with E-state index < -0.39 is 12.0 Å². The first kappa shape index (κ1) is 30.9. The number of unbranched alkanes of at least 4 members (excludes halogenated alkanes) is 14. The van der Waals surface area contributed by atoms with Crippen molar-refractivity contribution in [2.45, 2.75) is 130 Å². The summed E-state index contributed by atoms with van der Waals surface area (Å²) in [7, 11) is 5.86. The minimum atomic E-state index is -0.918. The number of carbonyl (C=O) groups excluding carboxylic acids is 1. The molecule has 0 amide bonds. The smallest absolute Gasteiger partial charge is 0.134 e. The van der Waals surface area contributed by atoms with Gasteiger partial charge in [0.15, 0.2) is 0 Å². The third-order valence-corrected chi connectivity index (χ3v) is 6.16. The number of likely N-dealkylation sites (N-methyl/N-ethyl adjacent to an activating group) is 1. The standard InChI is InChI=1S/C25H51NO2.ClH/c1-7-8-9-10-11-12-13-14-15-16-17-18-19-20-21-22-25(2,3)23(24(27)28)26(4,5)6;/h23H,7-22H2,1-6H3;1H. The second kappa shape index (κ2) is 17.4. The van der Waals surface area contributed by atoms with Crippen molar-refractivity contribution in [2.75, 3.05) is 21.1 Å². The summed E-state index contributed by atoms with van der Waals surface area (Å²) in [5.41, 5.74) is -0.229. The lowest BCUT2D eigenvalue weighted by Gasteiger charge is -2.44. The van der Waals surface area contributed by atoms with Gasteiger partial charge in [0.1, 0.15) is 6.04 Å². The number of carbonyl (C=O) groups is 1. The third-order valence-electron chi connectivity index (χ3n) is 6.16. The number of rotatable bonds is 19.